The Morgan fingerprint density at radius 3 is 1.35 bits per heavy atom. The highest BCUT2D eigenvalue weighted by Gasteiger charge is 2.52. The van der Waals surface area contributed by atoms with Crippen LogP contribution < -0.4 is 4.90 Å². The maximum Gasteiger partial charge on any atom is 0.0726 e. The van der Waals surface area contributed by atoms with E-state index in [-0.39, 0.29) is 5.41 Å². The molecule has 0 amide bonds. The molecule has 13 aromatic carbocycles. The summed E-state index contributed by atoms with van der Waals surface area (Å²) in [5.41, 5.74) is 23.3. The van der Waals surface area contributed by atoms with Crippen LogP contribution >= 0.6 is 0 Å². The van der Waals surface area contributed by atoms with Crippen LogP contribution in [0.4, 0.5) is 17.1 Å². The van der Waals surface area contributed by atoms with E-state index in [4.69, 9.17) is 0 Å². The fourth-order valence-corrected chi connectivity index (χ4v) is 14.1. The normalized spacial score (nSPS) is 13.9. The Balaban J connectivity index is 1.02. The molecule has 75 heavy (non-hydrogen) atoms. The van der Waals surface area contributed by atoms with Gasteiger partial charge in [0.05, 0.1) is 11.1 Å². The predicted octanol–water partition coefficient (Wildman–Crippen LogP) is 19.8. The van der Waals surface area contributed by atoms with Crippen LogP contribution in [-0.4, -0.2) is 0 Å². The second-order valence-corrected chi connectivity index (χ2v) is 21.5. The summed E-state index contributed by atoms with van der Waals surface area (Å²) in [5, 5.41) is 10.0. The lowest BCUT2D eigenvalue weighted by Crippen LogP contribution is -2.26. The van der Waals surface area contributed by atoms with Gasteiger partial charge in [0.1, 0.15) is 0 Å². The monoisotopic (exact) mass is 951 g/mol. The van der Waals surface area contributed by atoms with E-state index < -0.39 is 5.41 Å². The molecule has 3 aliphatic rings. The van der Waals surface area contributed by atoms with Crippen LogP contribution in [-0.2, 0) is 10.8 Å². The number of fused-ring (bicyclic) bond motifs is 20. The van der Waals surface area contributed by atoms with Gasteiger partial charge in [-0.2, -0.15) is 0 Å². The van der Waals surface area contributed by atoms with Gasteiger partial charge in [-0.3, -0.25) is 0 Å². The van der Waals surface area contributed by atoms with Crippen molar-refractivity contribution in [1.29, 1.82) is 0 Å². The van der Waals surface area contributed by atoms with Gasteiger partial charge in [-0.15, -0.1) is 0 Å². The van der Waals surface area contributed by atoms with Gasteiger partial charge in [-0.1, -0.05) is 232 Å². The third kappa shape index (κ3) is 5.78. The summed E-state index contributed by atoms with van der Waals surface area (Å²) in [5.74, 6) is 0. The molecule has 13 aromatic rings. The molecule has 0 saturated heterocycles. The maximum absolute atomic E-state index is 2.60. The molecule has 0 aliphatic heterocycles. The van der Waals surface area contributed by atoms with Crippen LogP contribution in [0.5, 0.6) is 0 Å². The van der Waals surface area contributed by atoms with Gasteiger partial charge < -0.3 is 4.90 Å². The zero-order valence-electron chi connectivity index (χ0n) is 41.8. The van der Waals surface area contributed by atoms with Gasteiger partial charge in [0.25, 0.3) is 0 Å². The minimum absolute atomic E-state index is 0.175. The molecule has 0 saturated carbocycles. The Kier molecular flexibility index (Phi) is 8.79. The minimum atomic E-state index is -0.531. The van der Waals surface area contributed by atoms with E-state index in [0.717, 1.165) is 17.1 Å². The van der Waals surface area contributed by atoms with Crippen molar-refractivity contribution in [3.8, 4) is 55.6 Å². The standard InChI is InChI=1S/C74H49N/c1-73(2)66-30-13-9-25-58(66)62-40-36-48(42-70(62)73)63-44-65-61-28-12-16-33-69(61)74(67-31-14-10-26-59(67)60-27-11-15-32-68(60)74)71(65)45-72(63)75(49-37-34-47(35-38-49)52-29-17-19-46-18-3-4-20-51(46)52)50-39-41-57-55-23-6-5-21-53(55)54-22-7-8-24-56(54)64(57)43-50/h3-45H,1-2H3. The third-order valence-corrected chi connectivity index (χ3v) is 17.5. The number of benzene rings is 13. The predicted molar refractivity (Wildman–Crippen MR) is 316 cm³/mol. The third-order valence-electron chi connectivity index (χ3n) is 17.5. The van der Waals surface area contributed by atoms with Crippen LogP contribution in [0.1, 0.15) is 47.2 Å². The van der Waals surface area contributed by atoms with E-state index >= 15 is 0 Å². The van der Waals surface area contributed by atoms with Gasteiger partial charge in [-0.05, 0) is 169 Å². The van der Waals surface area contributed by atoms with Crippen molar-refractivity contribution in [2.45, 2.75) is 24.7 Å². The van der Waals surface area contributed by atoms with Crippen molar-refractivity contribution in [2.75, 3.05) is 4.90 Å². The second kappa shape index (κ2) is 15.6. The number of hydrogen-bond acceptors (Lipinski definition) is 1. The largest absolute Gasteiger partial charge is 0.310 e. The van der Waals surface area contributed by atoms with E-state index in [1.807, 2.05) is 0 Å². The maximum atomic E-state index is 2.60. The molecule has 16 rings (SSSR count). The molecule has 0 fully saturated rings. The summed E-state index contributed by atoms with van der Waals surface area (Å²) in [6.45, 7) is 4.79. The topological polar surface area (TPSA) is 3.24 Å². The molecule has 1 nitrogen and oxygen atoms in total. The van der Waals surface area contributed by atoms with Gasteiger partial charge in [0.2, 0.25) is 0 Å². The molecule has 0 radical (unpaired) electrons. The molecule has 0 heterocycles. The zero-order chi connectivity index (χ0) is 49.6. The number of hydrogen-bond donors (Lipinski definition) is 0. The van der Waals surface area contributed by atoms with Crippen LogP contribution in [0.3, 0.4) is 0 Å². The van der Waals surface area contributed by atoms with Crippen molar-refractivity contribution in [2.24, 2.45) is 0 Å². The van der Waals surface area contributed by atoms with Gasteiger partial charge in [0.15, 0.2) is 0 Å². The van der Waals surface area contributed by atoms with E-state index in [1.54, 1.807) is 0 Å². The number of rotatable bonds is 5. The lowest BCUT2D eigenvalue weighted by atomic mass is 9.70. The summed E-state index contributed by atoms with van der Waals surface area (Å²) in [4.78, 5) is 2.57. The van der Waals surface area contributed by atoms with Gasteiger partial charge in [0, 0.05) is 22.4 Å². The Morgan fingerprint density at radius 1 is 0.253 bits per heavy atom. The first kappa shape index (κ1) is 42.2. The van der Waals surface area contributed by atoms with Crippen LogP contribution in [0.15, 0.2) is 261 Å². The highest BCUT2D eigenvalue weighted by molar-refractivity contribution is 6.26. The van der Waals surface area contributed by atoms with E-state index in [0.29, 0.717) is 0 Å². The molecule has 0 N–H and O–H groups in total. The summed E-state index contributed by atoms with van der Waals surface area (Å²) >= 11 is 0. The Morgan fingerprint density at radius 2 is 0.707 bits per heavy atom. The highest BCUT2D eigenvalue weighted by atomic mass is 15.1. The van der Waals surface area contributed by atoms with Gasteiger partial charge >= 0.3 is 0 Å². The highest BCUT2D eigenvalue weighted by Crippen LogP contribution is 2.64. The van der Waals surface area contributed by atoms with E-state index in [9.17, 15) is 0 Å². The first-order valence-corrected chi connectivity index (χ1v) is 26.4. The molecule has 0 bridgehead atoms. The lowest BCUT2D eigenvalue weighted by molar-refractivity contribution is 0.660. The Hall–Kier alpha value is -9.30. The SMILES string of the molecule is CC1(C)c2ccccc2-c2ccc(-c3cc4c(cc3N(c3ccc(-c5cccc6ccccc56)cc3)c3ccc5c6ccccc6c6ccccc6c5c3)C3(c5ccccc5-c5ccccc53)c3ccccc3-4)cc21. The van der Waals surface area contributed by atoms with Crippen molar-refractivity contribution in [1.82, 2.24) is 0 Å². The first-order chi connectivity index (χ1) is 37.0. The molecule has 0 atom stereocenters. The number of nitrogens with zero attached hydrogens (tertiary/aromatic N) is 1. The lowest BCUT2D eigenvalue weighted by Gasteiger charge is -2.33. The average Bonchev–Trinajstić information content (AvgIpc) is 4.13. The summed E-state index contributed by atoms with van der Waals surface area (Å²) in [6.07, 6.45) is 0. The van der Waals surface area contributed by atoms with Crippen LogP contribution in [0, 0.1) is 0 Å². The molecule has 0 aromatic heterocycles. The zero-order valence-corrected chi connectivity index (χ0v) is 41.8. The van der Waals surface area contributed by atoms with Crippen molar-refractivity contribution >= 4 is 60.2 Å². The molecule has 1 spiro atoms. The average molecular weight is 952 g/mol. The summed E-state index contributed by atoms with van der Waals surface area (Å²) in [6, 6.07) is 98.8. The first-order valence-electron chi connectivity index (χ1n) is 26.4. The molecular formula is C74H49N. The second-order valence-electron chi connectivity index (χ2n) is 21.5. The molecular weight excluding hydrogens is 903 g/mol. The smallest absolute Gasteiger partial charge is 0.0726 e. The minimum Gasteiger partial charge on any atom is -0.310 e. The summed E-state index contributed by atoms with van der Waals surface area (Å²) in [7, 11) is 0. The van der Waals surface area contributed by atoms with Crippen molar-refractivity contribution in [3.63, 3.8) is 0 Å². The molecule has 0 unspecified atom stereocenters. The fourth-order valence-electron chi connectivity index (χ4n) is 14.1. The molecule has 350 valence electrons. The van der Waals surface area contributed by atoms with Crippen molar-refractivity contribution in [3.05, 3.63) is 294 Å². The van der Waals surface area contributed by atoms with Crippen molar-refractivity contribution < 1.29 is 0 Å². The quantitative estimate of drug-likeness (QED) is 0.155. The Bertz CT molecular complexity index is 4480. The van der Waals surface area contributed by atoms with E-state index in [2.05, 4.69) is 280 Å². The Labute approximate surface area is 437 Å². The van der Waals surface area contributed by atoms with Crippen LogP contribution in [0.25, 0.3) is 98.7 Å². The molecule has 3 aliphatic carbocycles. The summed E-state index contributed by atoms with van der Waals surface area (Å²) < 4.78 is 0. The fraction of sp³-hybridized carbons (Fsp3) is 0.0541. The molecule has 1 heteroatoms. The van der Waals surface area contributed by atoms with Gasteiger partial charge in [-0.25, -0.2) is 0 Å². The number of anilines is 3. The van der Waals surface area contributed by atoms with Crippen LogP contribution in [0.2, 0.25) is 0 Å². The van der Waals surface area contributed by atoms with E-state index in [1.165, 1.54) is 132 Å².